The summed E-state index contributed by atoms with van der Waals surface area (Å²) < 4.78 is 41.6. The Morgan fingerprint density at radius 1 is 0.848 bits per heavy atom. The van der Waals surface area contributed by atoms with Crippen molar-refractivity contribution >= 4 is 34.1 Å². The summed E-state index contributed by atoms with van der Waals surface area (Å²) in [4.78, 5) is 23.7. The first-order valence-corrected chi connectivity index (χ1v) is 11.6. The van der Waals surface area contributed by atoms with E-state index in [1.54, 1.807) is 50.3 Å². The molecule has 176 valence electrons. The van der Waals surface area contributed by atoms with E-state index in [1.165, 1.54) is 48.9 Å². The molecule has 0 aliphatic rings. The Labute approximate surface area is 194 Å². The number of benzene rings is 2. The molecule has 33 heavy (non-hydrogen) atoms. The average molecular weight is 474 g/mol. The van der Waals surface area contributed by atoms with Crippen molar-refractivity contribution in [3.8, 4) is 11.5 Å². The molecule has 2 aromatic rings. The molecule has 2 rings (SSSR count). The lowest BCUT2D eigenvalue weighted by molar-refractivity contribution is -0.134. The van der Waals surface area contributed by atoms with Gasteiger partial charge < -0.3 is 14.2 Å². The van der Waals surface area contributed by atoms with E-state index in [0.717, 1.165) is 0 Å². The standard InChI is InChI=1S/C24H27NO7S/c1-5-25(6-2)33(28,29)20-12-7-18(8-13-20)10-16-24(27)32-21-14-9-19(17-22(21)30-3)11-15-23(26)31-4/h7-17H,5-6H2,1-4H3/b15-11+,16-10+. The third kappa shape index (κ3) is 7.03. The second kappa shape index (κ2) is 12.0. The molecule has 0 unspecified atom stereocenters. The second-order valence-corrected chi connectivity index (χ2v) is 8.62. The summed E-state index contributed by atoms with van der Waals surface area (Å²) >= 11 is 0. The van der Waals surface area contributed by atoms with Gasteiger partial charge in [0.05, 0.1) is 19.1 Å². The van der Waals surface area contributed by atoms with Crippen molar-refractivity contribution in [3.05, 3.63) is 65.7 Å². The normalized spacial score (nSPS) is 11.8. The number of ether oxygens (including phenoxy) is 3. The van der Waals surface area contributed by atoms with Gasteiger partial charge in [-0.2, -0.15) is 4.31 Å². The first-order valence-electron chi connectivity index (χ1n) is 10.2. The third-order valence-electron chi connectivity index (χ3n) is 4.65. The molecule has 2 aromatic carbocycles. The van der Waals surface area contributed by atoms with Gasteiger partial charge in [0.2, 0.25) is 10.0 Å². The molecule has 0 aliphatic carbocycles. The van der Waals surface area contributed by atoms with Gasteiger partial charge in [0.25, 0.3) is 0 Å². The zero-order valence-electron chi connectivity index (χ0n) is 19.0. The van der Waals surface area contributed by atoms with Crippen molar-refractivity contribution in [1.82, 2.24) is 4.31 Å². The SMILES string of the molecule is CCN(CC)S(=O)(=O)c1ccc(/C=C/C(=O)Oc2ccc(/C=C/C(=O)OC)cc2OC)cc1. The van der Waals surface area contributed by atoms with E-state index in [1.807, 2.05) is 0 Å². The summed E-state index contributed by atoms with van der Waals surface area (Å²) in [6, 6.07) is 11.1. The Bertz CT molecular complexity index is 1130. The molecule has 0 aliphatic heterocycles. The second-order valence-electron chi connectivity index (χ2n) is 6.68. The Morgan fingerprint density at radius 2 is 1.42 bits per heavy atom. The van der Waals surface area contributed by atoms with Crippen molar-refractivity contribution in [1.29, 1.82) is 0 Å². The third-order valence-corrected chi connectivity index (χ3v) is 6.71. The molecular weight excluding hydrogens is 446 g/mol. The molecule has 8 nitrogen and oxygen atoms in total. The van der Waals surface area contributed by atoms with Gasteiger partial charge in [0, 0.05) is 25.2 Å². The van der Waals surface area contributed by atoms with Gasteiger partial charge >= 0.3 is 11.9 Å². The van der Waals surface area contributed by atoms with Gasteiger partial charge in [-0.15, -0.1) is 0 Å². The summed E-state index contributed by atoms with van der Waals surface area (Å²) in [5.74, 6) is -0.600. The Balaban J connectivity index is 2.09. The van der Waals surface area contributed by atoms with Crippen LogP contribution in [0, 0.1) is 0 Å². The van der Waals surface area contributed by atoms with E-state index < -0.39 is 22.0 Å². The Morgan fingerprint density at radius 3 is 2.00 bits per heavy atom. The van der Waals surface area contributed by atoms with E-state index >= 15 is 0 Å². The number of esters is 2. The van der Waals surface area contributed by atoms with Crippen LogP contribution in [0.1, 0.15) is 25.0 Å². The quantitative estimate of drug-likeness (QED) is 0.296. The molecule has 0 N–H and O–H groups in total. The minimum atomic E-state index is -3.54. The lowest BCUT2D eigenvalue weighted by Crippen LogP contribution is -2.30. The highest BCUT2D eigenvalue weighted by Crippen LogP contribution is 2.29. The minimum Gasteiger partial charge on any atom is -0.493 e. The van der Waals surface area contributed by atoms with Crippen molar-refractivity contribution in [3.63, 3.8) is 0 Å². The fourth-order valence-electron chi connectivity index (χ4n) is 2.87. The van der Waals surface area contributed by atoms with Crippen LogP contribution in [0.2, 0.25) is 0 Å². The monoisotopic (exact) mass is 473 g/mol. The maximum Gasteiger partial charge on any atom is 0.336 e. The Hall–Kier alpha value is -3.43. The molecule has 0 saturated carbocycles. The van der Waals surface area contributed by atoms with E-state index in [2.05, 4.69) is 4.74 Å². The molecule has 0 bridgehead atoms. The van der Waals surface area contributed by atoms with Gasteiger partial charge in [-0.1, -0.05) is 32.0 Å². The van der Waals surface area contributed by atoms with Crippen LogP contribution in [0.25, 0.3) is 12.2 Å². The summed E-state index contributed by atoms with van der Waals surface area (Å²) in [7, 11) is -0.820. The number of rotatable bonds is 10. The summed E-state index contributed by atoms with van der Waals surface area (Å²) in [5, 5.41) is 0. The van der Waals surface area contributed by atoms with Gasteiger partial charge in [-0.05, 0) is 47.5 Å². The molecule has 0 heterocycles. The summed E-state index contributed by atoms with van der Waals surface area (Å²) in [6.45, 7) is 4.34. The van der Waals surface area contributed by atoms with Crippen molar-refractivity contribution in [2.75, 3.05) is 27.3 Å². The molecule has 0 fully saturated rings. The molecule has 0 atom stereocenters. The van der Waals surface area contributed by atoms with E-state index in [0.29, 0.717) is 30.0 Å². The summed E-state index contributed by atoms with van der Waals surface area (Å²) in [5.41, 5.74) is 1.30. The molecule has 0 spiro atoms. The van der Waals surface area contributed by atoms with Crippen LogP contribution in [0.3, 0.4) is 0 Å². The van der Waals surface area contributed by atoms with Gasteiger partial charge in [-0.25, -0.2) is 18.0 Å². The maximum atomic E-state index is 12.5. The molecule has 9 heteroatoms. The number of nitrogens with zero attached hydrogens (tertiary/aromatic N) is 1. The number of sulfonamides is 1. The highest BCUT2D eigenvalue weighted by Gasteiger charge is 2.21. The number of carbonyl (C=O) groups excluding carboxylic acids is 2. The van der Waals surface area contributed by atoms with Crippen LogP contribution in [-0.4, -0.2) is 52.0 Å². The van der Waals surface area contributed by atoms with Crippen molar-refractivity contribution in [2.24, 2.45) is 0 Å². The van der Waals surface area contributed by atoms with Crippen molar-refractivity contribution < 1.29 is 32.2 Å². The van der Waals surface area contributed by atoms with Gasteiger partial charge in [0.15, 0.2) is 11.5 Å². The number of carbonyl (C=O) groups is 2. The molecule has 0 aromatic heterocycles. The fraction of sp³-hybridized carbons (Fsp3) is 0.250. The molecule has 0 radical (unpaired) electrons. The largest absolute Gasteiger partial charge is 0.493 e. The number of hydrogen-bond acceptors (Lipinski definition) is 7. The first-order chi connectivity index (χ1) is 15.7. The summed E-state index contributed by atoms with van der Waals surface area (Å²) in [6.07, 6.45) is 5.57. The van der Waals surface area contributed by atoms with Crippen molar-refractivity contribution in [2.45, 2.75) is 18.7 Å². The van der Waals surface area contributed by atoms with Gasteiger partial charge in [-0.3, -0.25) is 0 Å². The highest BCUT2D eigenvalue weighted by atomic mass is 32.2. The lowest BCUT2D eigenvalue weighted by Gasteiger charge is -2.18. The van der Waals surface area contributed by atoms with E-state index in [4.69, 9.17) is 9.47 Å². The molecular formula is C24H27NO7S. The predicted octanol–water partition coefficient (Wildman–Crippen LogP) is 3.53. The van der Waals surface area contributed by atoms with Crippen LogP contribution in [0.15, 0.2) is 59.5 Å². The topological polar surface area (TPSA) is 99.2 Å². The fourth-order valence-corrected chi connectivity index (χ4v) is 4.33. The van der Waals surface area contributed by atoms with Gasteiger partial charge in [0.1, 0.15) is 0 Å². The zero-order chi connectivity index (χ0) is 24.4. The lowest BCUT2D eigenvalue weighted by atomic mass is 10.2. The predicted molar refractivity (Wildman–Crippen MR) is 125 cm³/mol. The van der Waals surface area contributed by atoms with Crippen LogP contribution in [0.5, 0.6) is 11.5 Å². The van der Waals surface area contributed by atoms with Crippen LogP contribution >= 0.6 is 0 Å². The first kappa shape index (κ1) is 25.8. The molecule has 0 saturated heterocycles. The number of hydrogen-bond donors (Lipinski definition) is 0. The van der Waals surface area contributed by atoms with Crippen LogP contribution in [0.4, 0.5) is 0 Å². The smallest absolute Gasteiger partial charge is 0.336 e. The number of methoxy groups -OCH3 is 2. The van der Waals surface area contributed by atoms with Crippen LogP contribution in [-0.2, 0) is 24.3 Å². The van der Waals surface area contributed by atoms with E-state index in [-0.39, 0.29) is 10.6 Å². The molecule has 0 amide bonds. The maximum absolute atomic E-state index is 12.5. The van der Waals surface area contributed by atoms with Crippen LogP contribution < -0.4 is 9.47 Å². The van der Waals surface area contributed by atoms with E-state index in [9.17, 15) is 18.0 Å². The Kier molecular flexibility index (Phi) is 9.38. The minimum absolute atomic E-state index is 0.192. The zero-order valence-corrected chi connectivity index (χ0v) is 19.8. The average Bonchev–Trinajstić information content (AvgIpc) is 2.82. The highest BCUT2D eigenvalue weighted by molar-refractivity contribution is 7.89.